The van der Waals surface area contributed by atoms with Crippen molar-refractivity contribution in [2.24, 2.45) is 5.92 Å². The Labute approximate surface area is 173 Å². The number of carbonyl (C=O) groups excluding carboxylic acids is 1. The van der Waals surface area contributed by atoms with Crippen molar-refractivity contribution in [2.75, 3.05) is 0 Å². The lowest BCUT2D eigenvalue weighted by Crippen LogP contribution is -2.18. The molecule has 1 atom stereocenters. The van der Waals surface area contributed by atoms with Crippen LogP contribution in [0.1, 0.15) is 30.9 Å². The number of ketones is 1. The van der Waals surface area contributed by atoms with Gasteiger partial charge in [-0.05, 0) is 66.3 Å². The van der Waals surface area contributed by atoms with Crippen molar-refractivity contribution in [1.82, 2.24) is 0 Å². The fraction of sp³-hybridized carbons (Fsp3) is 0.190. The summed E-state index contributed by atoms with van der Waals surface area (Å²) in [5.74, 6) is 0.377. The summed E-state index contributed by atoms with van der Waals surface area (Å²) >= 11 is 24.4. The lowest BCUT2D eigenvalue weighted by molar-refractivity contribution is -0.113. The Balaban J connectivity index is 1.97. The second kappa shape index (κ2) is 8.19. The molecule has 0 saturated heterocycles. The Morgan fingerprint density at radius 1 is 0.808 bits per heavy atom. The van der Waals surface area contributed by atoms with Crippen molar-refractivity contribution in [3.63, 3.8) is 0 Å². The maximum absolute atomic E-state index is 13.0. The molecule has 1 fully saturated rings. The van der Waals surface area contributed by atoms with Gasteiger partial charge in [0.25, 0.3) is 0 Å². The Hall–Kier alpha value is -1.25. The molecule has 1 aliphatic rings. The molecule has 134 valence electrons. The smallest absolute Gasteiger partial charge is 0.185 e. The Morgan fingerprint density at radius 3 is 1.62 bits per heavy atom. The van der Waals surface area contributed by atoms with Crippen molar-refractivity contribution in [1.29, 1.82) is 0 Å². The van der Waals surface area contributed by atoms with Gasteiger partial charge in [-0.25, -0.2) is 0 Å². The van der Waals surface area contributed by atoms with E-state index in [-0.39, 0.29) is 5.78 Å². The summed E-state index contributed by atoms with van der Waals surface area (Å²) < 4.78 is 0. The average Bonchev–Trinajstić information content (AvgIpc) is 2.56. The zero-order chi connectivity index (χ0) is 18.8. The van der Waals surface area contributed by atoms with Crippen molar-refractivity contribution < 1.29 is 4.79 Å². The molecule has 2 aromatic carbocycles. The topological polar surface area (TPSA) is 17.1 Å². The van der Waals surface area contributed by atoms with E-state index in [1.165, 1.54) is 0 Å². The van der Waals surface area contributed by atoms with Crippen LogP contribution in [0.2, 0.25) is 20.1 Å². The van der Waals surface area contributed by atoms with Crippen molar-refractivity contribution >= 4 is 64.3 Å². The van der Waals surface area contributed by atoms with E-state index in [0.717, 1.165) is 22.3 Å². The number of halogens is 4. The van der Waals surface area contributed by atoms with Gasteiger partial charge < -0.3 is 0 Å². The summed E-state index contributed by atoms with van der Waals surface area (Å²) in [6.07, 6.45) is 5.13. The normalized spacial score (nSPS) is 20.8. The van der Waals surface area contributed by atoms with Gasteiger partial charge in [-0.1, -0.05) is 65.5 Å². The van der Waals surface area contributed by atoms with E-state index in [2.05, 4.69) is 6.92 Å². The highest BCUT2D eigenvalue weighted by Gasteiger charge is 2.25. The van der Waals surface area contributed by atoms with Crippen LogP contribution >= 0.6 is 46.4 Å². The Bertz CT molecular complexity index is 854. The number of hydrogen-bond acceptors (Lipinski definition) is 1. The first kappa shape index (κ1) is 19.5. The number of carbonyl (C=O) groups is 1. The first-order chi connectivity index (χ1) is 12.3. The summed E-state index contributed by atoms with van der Waals surface area (Å²) in [5, 5.41) is 2.20. The summed E-state index contributed by atoms with van der Waals surface area (Å²) in [6, 6.07) is 10.5. The van der Waals surface area contributed by atoms with Gasteiger partial charge >= 0.3 is 0 Å². The van der Waals surface area contributed by atoms with Crippen LogP contribution in [0.4, 0.5) is 0 Å². The monoisotopic (exact) mass is 424 g/mol. The van der Waals surface area contributed by atoms with Crippen LogP contribution in [0.25, 0.3) is 12.2 Å². The molecule has 2 aromatic rings. The van der Waals surface area contributed by atoms with Crippen LogP contribution in [0.15, 0.2) is 47.5 Å². The van der Waals surface area contributed by atoms with Crippen LogP contribution in [-0.4, -0.2) is 5.78 Å². The van der Waals surface area contributed by atoms with E-state index in [0.29, 0.717) is 38.9 Å². The van der Waals surface area contributed by atoms with E-state index in [1.54, 1.807) is 24.3 Å². The minimum absolute atomic E-state index is 0.0279. The fourth-order valence-electron chi connectivity index (χ4n) is 3.08. The molecule has 3 rings (SSSR count). The van der Waals surface area contributed by atoms with Gasteiger partial charge in [-0.15, -0.1) is 0 Å². The number of benzene rings is 2. The zero-order valence-corrected chi connectivity index (χ0v) is 17.1. The molecule has 0 spiro atoms. The predicted molar refractivity (Wildman–Crippen MR) is 112 cm³/mol. The molecule has 0 amide bonds. The van der Waals surface area contributed by atoms with Crippen molar-refractivity contribution in [2.45, 2.75) is 19.8 Å². The first-order valence-corrected chi connectivity index (χ1v) is 9.70. The molecule has 0 bridgehead atoms. The van der Waals surface area contributed by atoms with Gasteiger partial charge in [0.2, 0.25) is 0 Å². The highest BCUT2D eigenvalue weighted by atomic mass is 35.5. The SMILES string of the molecule is CC1C/C(=C/c2ccc(Cl)cc2Cl)C(=O)/C(=C/c2ccc(Cl)cc2Cl)C1. The van der Waals surface area contributed by atoms with Gasteiger partial charge in [-0.2, -0.15) is 0 Å². The highest BCUT2D eigenvalue weighted by molar-refractivity contribution is 6.36. The second-order valence-corrected chi connectivity index (χ2v) is 8.20. The summed E-state index contributed by atoms with van der Waals surface area (Å²) in [6.45, 7) is 2.13. The fourth-order valence-corrected chi connectivity index (χ4v) is 4.00. The average molecular weight is 426 g/mol. The molecule has 26 heavy (non-hydrogen) atoms. The van der Waals surface area contributed by atoms with Crippen LogP contribution in [0.5, 0.6) is 0 Å². The van der Waals surface area contributed by atoms with Gasteiger partial charge in [0.1, 0.15) is 0 Å². The molecule has 1 saturated carbocycles. The van der Waals surface area contributed by atoms with E-state index < -0.39 is 0 Å². The Kier molecular flexibility index (Phi) is 6.14. The summed E-state index contributed by atoms with van der Waals surface area (Å²) in [4.78, 5) is 13.0. The predicted octanol–water partition coefficient (Wildman–Crippen LogP) is 7.77. The van der Waals surface area contributed by atoms with E-state index in [1.807, 2.05) is 24.3 Å². The van der Waals surface area contributed by atoms with Crippen molar-refractivity contribution in [3.05, 3.63) is 78.8 Å². The third-order valence-electron chi connectivity index (χ3n) is 4.30. The molecule has 1 nitrogen and oxygen atoms in total. The molecule has 1 unspecified atom stereocenters. The molecular weight excluding hydrogens is 410 g/mol. The Morgan fingerprint density at radius 2 is 1.23 bits per heavy atom. The quantitative estimate of drug-likeness (QED) is 0.449. The molecule has 1 aliphatic carbocycles. The van der Waals surface area contributed by atoms with Gasteiger partial charge in [0.15, 0.2) is 5.78 Å². The minimum atomic E-state index is 0.0279. The molecule has 5 heteroatoms. The molecule has 0 aliphatic heterocycles. The number of Topliss-reactive ketones (excluding diaryl/α,β-unsaturated/α-hetero) is 1. The number of rotatable bonds is 2. The first-order valence-electron chi connectivity index (χ1n) is 8.19. The third-order valence-corrected chi connectivity index (χ3v) is 5.43. The number of allylic oxidation sites excluding steroid dienone is 2. The molecule has 0 radical (unpaired) electrons. The second-order valence-electron chi connectivity index (χ2n) is 6.51. The van der Waals surface area contributed by atoms with Crippen molar-refractivity contribution in [3.8, 4) is 0 Å². The van der Waals surface area contributed by atoms with E-state index in [9.17, 15) is 4.79 Å². The molecular formula is C21H16Cl4O. The zero-order valence-electron chi connectivity index (χ0n) is 14.0. The summed E-state index contributed by atoms with van der Waals surface area (Å²) in [5.41, 5.74) is 3.06. The van der Waals surface area contributed by atoms with Crippen LogP contribution < -0.4 is 0 Å². The largest absolute Gasteiger partial charge is 0.289 e. The lowest BCUT2D eigenvalue weighted by Gasteiger charge is -2.23. The maximum Gasteiger partial charge on any atom is 0.185 e. The van der Waals surface area contributed by atoms with Gasteiger partial charge in [0, 0.05) is 31.2 Å². The third kappa shape index (κ3) is 4.53. The van der Waals surface area contributed by atoms with Crippen LogP contribution in [0.3, 0.4) is 0 Å². The maximum atomic E-state index is 13.0. The standard InChI is InChI=1S/C21H16Cl4O/c1-12-6-15(8-13-2-4-17(22)10-19(13)24)21(26)16(7-12)9-14-3-5-18(23)11-20(14)25/h2-5,8-12H,6-7H2,1H3/b15-8-,16-9+. The lowest BCUT2D eigenvalue weighted by atomic mass is 9.81. The molecule has 0 heterocycles. The van der Waals surface area contributed by atoms with E-state index >= 15 is 0 Å². The highest BCUT2D eigenvalue weighted by Crippen LogP contribution is 2.34. The number of hydrogen-bond donors (Lipinski definition) is 0. The van der Waals surface area contributed by atoms with Gasteiger partial charge in [-0.3, -0.25) is 4.79 Å². The van der Waals surface area contributed by atoms with Gasteiger partial charge in [0.05, 0.1) is 0 Å². The van der Waals surface area contributed by atoms with Crippen LogP contribution in [-0.2, 0) is 4.79 Å². The minimum Gasteiger partial charge on any atom is -0.289 e. The van der Waals surface area contributed by atoms with Crippen LogP contribution in [0, 0.1) is 5.92 Å². The van der Waals surface area contributed by atoms with E-state index in [4.69, 9.17) is 46.4 Å². The summed E-state index contributed by atoms with van der Waals surface area (Å²) in [7, 11) is 0. The molecule has 0 aromatic heterocycles. The molecule has 0 N–H and O–H groups in total.